The lowest BCUT2D eigenvalue weighted by Gasteiger charge is -2.25. The molecule has 8 heteroatoms. The Morgan fingerprint density at radius 2 is 1.68 bits per heavy atom. The molecule has 0 bridgehead atoms. The third kappa shape index (κ3) is 4.50. The molecule has 0 radical (unpaired) electrons. The number of halogens is 2. The number of amides is 1. The van der Waals surface area contributed by atoms with E-state index in [1.807, 2.05) is 47.6 Å². The second kappa shape index (κ2) is 9.20. The van der Waals surface area contributed by atoms with Gasteiger partial charge in [0.05, 0.1) is 18.2 Å². The van der Waals surface area contributed by atoms with Crippen molar-refractivity contribution >= 4 is 49.3 Å². The Balaban J connectivity index is 1.72. The van der Waals surface area contributed by atoms with E-state index in [4.69, 9.17) is 0 Å². The van der Waals surface area contributed by atoms with Crippen molar-refractivity contribution in [2.45, 2.75) is 19.0 Å². The van der Waals surface area contributed by atoms with Crippen LogP contribution in [0, 0.1) is 0 Å². The first kappa shape index (κ1) is 21.5. The Hall–Kier alpha value is -2.71. The smallest absolute Gasteiger partial charge is 0.295 e. The first-order chi connectivity index (χ1) is 15.0. The van der Waals surface area contributed by atoms with Crippen molar-refractivity contribution in [2.24, 2.45) is 0 Å². The summed E-state index contributed by atoms with van der Waals surface area (Å²) in [4.78, 5) is 30.5. The molecule has 1 amide bonds. The molecular weight excluding hydrogens is 526 g/mol. The van der Waals surface area contributed by atoms with E-state index in [0.29, 0.717) is 25.1 Å². The third-order valence-electron chi connectivity index (χ3n) is 5.26. The molecule has 0 aliphatic carbocycles. The second-order valence-electron chi connectivity index (χ2n) is 7.25. The fraction of sp³-hybridized carbons (Fsp3) is 0.174. The van der Waals surface area contributed by atoms with Crippen LogP contribution in [0.25, 0.3) is 5.76 Å². The SMILES string of the molecule is O=C1C(=O)N(CCC[n+]2cc[nH]c2)C(c2ccc(Br)cc2)/C1=C(\O)c1ccc(Br)cc1. The number of aliphatic hydroxyl groups is 1. The van der Waals surface area contributed by atoms with Crippen molar-refractivity contribution < 1.29 is 19.3 Å². The Kier molecular flexibility index (Phi) is 6.38. The minimum atomic E-state index is -0.664. The predicted molar refractivity (Wildman–Crippen MR) is 123 cm³/mol. The van der Waals surface area contributed by atoms with Crippen molar-refractivity contribution in [3.63, 3.8) is 0 Å². The van der Waals surface area contributed by atoms with Crippen LogP contribution in [0.1, 0.15) is 23.6 Å². The quantitative estimate of drug-likeness (QED) is 0.209. The first-order valence-corrected chi connectivity index (χ1v) is 11.4. The van der Waals surface area contributed by atoms with Crippen LogP contribution in [0.3, 0.4) is 0 Å². The van der Waals surface area contributed by atoms with Gasteiger partial charge in [-0.2, -0.15) is 0 Å². The highest BCUT2D eigenvalue weighted by molar-refractivity contribution is 9.10. The number of hydrogen-bond acceptors (Lipinski definition) is 3. The number of nitrogens with zero attached hydrogens (tertiary/aromatic N) is 2. The summed E-state index contributed by atoms with van der Waals surface area (Å²) in [7, 11) is 0. The zero-order valence-electron chi connectivity index (χ0n) is 16.5. The van der Waals surface area contributed by atoms with Gasteiger partial charge in [0, 0.05) is 27.5 Å². The summed E-state index contributed by atoms with van der Waals surface area (Å²) in [5, 5.41) is 11.0. The minimum Gasteiger partial charge on any atom is -0.507 e. The molecule has 6 nitrogen and oxygen atoms in total. The summed E-state index contributed by atoms with van der Waals surface area (Å²) >= 11 is 6.80. The van der Waals surface area contributed by atoms with Crippen LogP contribution in [0.2, 0.25) is 0 Å². The number of likely N-dealkylation sites (tertiary alicyclic amines) is 1. The van der Waals surface area contributed by atoms with Crippen LogP contribution in [0.15, 0.2) is 81.8 Å². The molecule has 2 heterocycles. The van der Waals surface area contributed by atoms with E-state index < -0.39 is 17.7 Å². The lowest BCUT2D eigenvalue weighted by atomic mass is 9.95. The normalized spacial score (nSPS) is 18.0. The van der Waals surface area contributed by atoms with Gasteiger partial charge in [-0.3, -0.25) is 14.6 Å². The summed E-state index contributed by atoms with van der Waals surface area (Å²) in [5.41, 5.74) is 1.38. The van der Waals surface area contributed by atoms with Gasteiger partial charge in [-0.1, -0.05) is 56.1 Å². The number of aryl methyl sites for hydroxylation is 1. The number of carbonyl (C=O) groups excluding carboxylic acids is 2. The number of nitrogens with one attached hydrogen (secondary N) is 1. The predicted octanol–water partition coefficient (Wildman–Crippen LogP) is 4.34. The van der Waals surface area contributed by atoms with Gasteiger partial charge in [0.15, 0.2) is 0 Å². The Morgan fingerprint density at radius 1 is 1.03 bits per heavy atom. The molecule has 158 valence electrons. The number of ketones is 1. The van der Waals surface area contributed by atoms with Crippen LogP contribution in [-0.4, -0.2) is 33.2 Å². The zero-order chi connectivity index (χ0) is 22.0. The fourth-order valence-electron chi connectivity index (χ4n) is 3.75. The van der Waals surface area contributed by atoms with E-state index in [0.717, 1.165) is 14.5 Å². The molecule has 1 aliphatic rings. The molecule has 31 heavy (non-hydrogen) atoms. The summed E-state index contributed by atoms with van der Waals surface area (Å²) in [6.07, 6.45) is 6.24. The number of imidazole rings is 1. The Morgan fingerprint density at radius 3 is 2.29 bits per heavy atom. The van der Waals surface area contributed by atoms with Crippen molar-refractivity contribution in [3.05, 3.63) is 92.9 Å². The molecule has 1 fully saturated rings. The molecule has 1 aromatic heterocycles. The maximum atomic E-state index is 13.0. The number of H-pyrrole nitrogens is 1. The monoisotopic (exact) mass is 544 g/mol. The Bertz CT molecular complexity index is 1120. The number of carbonyl (C=O) groups is 2. The second-order valence-corrected chi connectivity index (χ2v) is 9.09. The van der Waals surface area contributed by atoms with Crippen LogP contribution in [0.4, 0.5) is 0 Å². The lowest BCUT2D eigenvalue weighted by Crippen LogP contribution is -2.36. The maximum absolute atomic E-state index is 13.0. The summed E-state index contributed by atoms with van der Waals surface area (Å²) < 4.78 is 3.73. The van der Waals surface area contributed by atoms with E-state index in [-0.39, 0.29) is 11.3 Å². The number of aromatic amines is 1. The van der Waals surface area contributed by atoms with Crippen molar-refractivity contribution in [1.29, 1.82) is 0 Å². The molecule has 3 aromatic rings. The van der Waals surface area contributed by atoms with Gasteiger partial charge in [-0.15, -0.1) is 0 Å². The largest absolute Gasteiger partial charge is 0.507 e. The van der Waals surface area contributed by atoms with Gasteiger partial charge in [0.1, 0.15) is 18.2 Å². The van der Waals surface area contributed by atoms with Gasteiger partial charge in [-0.25, -0.2) is 4.57 Å². The average Bonchev–Trinajstić information content (AvgIpc) is 3.37. The molecule has 2 aromatic carbocycles. The molecule has 4 rings (SSSR count). The van der Waals surface area contributed by atoms with Crippen LogP contribution in [-0.2, 0) is 16.1 Å². The van der Waals surface area contributed by atoms with E-state index in [1.54, 1.807) is 29.2 Å². The van der Waals surface area contributed by atoms with Crippen LogP contribution in [0.5, 0.6) is 0 Å². The standard InChI is InChI=1S/C23H19Br2N3O3/c24-17-6-2-15(3-7-17)20-19(21(29)16-4-8-18(25)9-5-16)22(30)23(31)28(20)12-1-11-27-13-10-26-14-27/h2-10,13-14,20H,1,11-12H2,(H,29,30)/p+1. The number of Topliss-reactive ketones (excluding diaryl/α,β-unsaturated/α-hetero) is 1. The topological polar surface area (TPSA) is 77.3 Å². The summed E-state index contributed by atoms with van der Waals surface area (Å²) in [6, 6.07) is 13.8. The maximum Gasteiger partial charge on any atom is 0.295 e. The minimum absolute atomic E-state index is 0.115. The number of aromatic nitrogens is 2. The molecule has 1 unspecified atom stereocenters. The number of rotatable bonds is 6. The molecule has 2 N–H and O–H groups in total. The van der Waals surface area contributed by atoms with Gasteiger partial charge in [0.25, 0.3) is 11.7 Å². The highest BCUT2D eigenvalue weighted by Gasteiger charge is 2.45. The highest BCUT2D eigenvalue weighted by atomic mass is 79.9. The zero-order valence-corrected chi connectivity index (χ0v) is 19.6. The molecule has 1 atom stereocenters. The van der Waals surface area contributed by atoms with Gasteiger partial charge < -0.3 is 10.0 Å². The third-order valence-corrected chi connectivity index (χ3v) is 6.32. The van der Waals surface area contributed by atoms with Crippen LogP contribution < -0.4 is 4.57 Å². The van der Waals surface area contributed by atoms with Crippen molar-refractivity contribution in [2.75, 3.05) is 6.54 Å². The summed E-state index contributed by atoms with van der Waals surface area (Å²) in [5.74, 6) is -1.42. The average molecular weight is 546 g/mol. The van der Waals surface area contributed by atoms with Crippen molar-refractivity contribution in [1.82, 2.24) is 9.88 Å². The van der Waals surface area contributed by atoms with E-state index >= 15 is 0 Å². The first-order valence-electron chi connectivity index (χ1n) is 9.77. The molecule has 1 saturated heterocycles. The van der Waals surface area contributed by atoms with Gasteiger partial charge in [-0.05, 0) is 29.8 Å². The molecular formula is C23H20Br2N3O3+. The van der Waals surface area contributed by atoms with Crippen molar-refractivity contribution in [3.8, 4) is 0 Å². The van der Waals surface area contributed by atoms with Gasteiger partial charge >= 0.3 is 0 Å². The summed E-state index contributed by atoms with van der Waals surface area (Å²) in [6.45, 7) is 1.09. The number of hydrogen-bond donors (Lipinski definition) is 2. The Labute approximate surface area is 196 Å². The number of aliphatic hydroxyl groups excluding tert-OH is 1. The fourth-order valence-corrected chi connectivity index (χ4v) is 4.28. The van der Waals surface area contributed by atoms with E-state index in [2.05, 4.69) is 36.8 Å². The van der Waals surface area contributed by atoms with Gasteiger partial charge in [0.2, 0.25) is 6.33 Å². The molecule has 0 saturated carbocycles. The highest BCUT2D eigenvalue weighted by Crippen LogP contribution is 2.39. The van der Waals surface area contributed by atoms with E-state index in [1.165, 1.54) is 0 Å². The van der Waals surface area contributed by atoms with Crippen LogP contribution >= 0.6 is 31.9 Å². The number of benzene rings is 2. The van der Waals surface area contributed by atoms with E-state index in [9.17, 15) is 14.7 Å². The molecule has 0 spiro atoms. The lowest BCUT2D eigenvalue weighted by molar-refractivity contribution is -0.695. The molecule has 1 aliphatic heterocycles.